The third kappa shape index (κ3) is 3.53. The summed E-state index contributed by atoms with van der Waals surface area (Å²) in [4.78, 5) is 25.9. The van der Waals surface area contributed by atoms with Gasteiger partial charge in [-0.25, -0.2) is 0 Å². The van der Waals surface area contributed by atoms with E-state index in [0.29, 0.717) is 10.9 Å². The highest BCUT2D eigenvalue weighted by atomic mass is 19.4. The summed E-state index contributed by atoms with van der Waals surface area (Å²) in [6.45, 7) is -2.63. The molecule has 5 nitrogen and oxygen atoms in total. The zero-order valence-electron chi connectivity index (χ0n) is 10.6. The van der Waals surface area contributed by atoms with Gasteiger partial charge in [0.15, 0.2) is 0 Å². The van der Waals surface area contributed by atoms with Crippen LogP contribution >= 0.6 is 0 Å². The molecule has 0 atom stereocenters. The van der Waals surface area contributed by atoms with E-state index in [1.807, 2.05) is 0 Å². The third-order valence-electron chi connectivity index (χ3n) is 2.80. The fourth-order valence-electron chi connectivity index (χ4n) is 2.00. The van der Waals surface area contributed by atoms with Crippen molar-refractivity contribution in [1.29, 1.82) is 0 Å². The Morgan fingerprint density at radius 1 is 1.24 bits per heavy atom. The van der Waals surface area contributed by atoms with Crippen LogP contribution in [0.4, 0.5) is 13.2 Å². The minimum atomic E-state index is -4.67. The van der Waals surface area contributed by atoms with Gasteiger partial charge >= 0.3 is 12.1 Å². The highest BCUT2D eigenvalue weighted by molar-refractivity contribution is 6.07. The summed E-state index contributed by atoms with van der Waals surface area (Å²) in [6.07, 6.45) is -3.39. The van der Waals surface area contributed by atoms with Gasteiger partial charge in [-0.15, -0.1) is 0 Å². The Balaban J connectivity index is 2.35. The molecule has 8 heteroatoms. The maximum absolute atomic E-state index is 12.5. The van der Waals surface area contributed by atoms with E-state index in [2.05, 4.69) is 4.98 Å². The van der Waals surface area contributed by atoms with E-state index in [1.54, 1.807) is 24.3 Å². The lowest BCUT2D eigenvalue weighted by molar-refractivity contribution is -0.149. The number of benzene rings is 1. The molecule has 0 aliphatic carbocycles. The number of H-pyrrole nitrogens is 1. The van der Waals surface area contributed by atoms with Crippen LogP contribution in [0.1, 0.15) is 10.4 Å². The zero-order chi connectivity index (χ0) is 15.6. The number of aromatic amines is 1. The first kappa shape index (κ1) is 14.9. The fourth-order valence-corrected chi connectivity index (χ4v) is 2.00. The van der Waals surface area contributed by atoms with Crippen LogP contribution in [-0.2, 0) is 4.79 Å². The van der Waals surface area contributed by atoms with Crippen LogP contribution in [0.15, 0.2) is 30.5 Å². The molecule has 0 spiro atoms. The molecular formula is C13H11F3N2O3. The molecule has 2 aromatic rings. The summed E-state index contributed by atoms with van der Waals surface area (Å²) in [5, 5.41) is 9.12. The second-order valence-electron chi connectivity index (χ2n) is 4.42. The number of alkyl halides is 3. The van der Waals surface area contributed by atoms with Crippen molar-refractivity contribution in [3.05, 3.63) is 36.0 Å². The SMILES string of the molecule is O=C(O)CN(CC(F)(F)F)C(=O)c1c[nH]c2ccccc12. The Bertz CT molecular complexity index is 679. The molecule has 21 heavy (non-hydrogen) atoms. The fraction of sp³-hybridized carbons (Fsp3) is 0.231. The molecule has 0 saturated carbocycles. The molecular weight excluding hydrogens is 289 g/mol. The number of aliphatic carboxylic acids is 1. The molecule has 2 N–H and O–H groups in total. The molecule has 1 amide bonds. The van der Waals surface area contributed by atoms with Gasteiger partial charge in [0, 0.05) is 17.1 Å². The van der Waals surface area contributed by atoms with Crippen molar-refractivity contribution in [1.82, 2.24) is 9.88 Å². The molecule has 0 unspecified atom stereocenters. The molecule has 0 bridgehead atoms. The zero-order valence-corrected chi connectivity index (χ0v) is 10.6. The van der Waals surface area contributed by atoms with Crippen molar-refractivity contribution >= 4 is 22.8 Å². The first-order valence-corrected chi connectivity index (χ1v) is 5.92. The summed E-state index contributed by atoms with van der Waals surface area (Å²) in [5.74, 6) is -2.49. The molecule has 1 aromatic heterocycles. The van der Waals surface area contributed by atoms with Crippen molar-refractivity contribution in [3.8, 4) is 0 Å². The second-order valence-corrected chi connectivity index (χ2v) is 4.42. The lowest BCUT2D eigenvalue weighted by Crippen LogP contribution is -2.42. The van der Waals surface area contributed by atoms with Gasteiger partial charge in [-0.05, 0) is 6.07 Å². The maximum Gasteiger partial charge on any atom is 0.406 e. The highest BCUT2D eigenvalue weighted by Crippen LogP contribution is 2.22. The first-order valence-electron chi connectivity index (χ1n) is 5.92. The van der Waals surface area contributed by atoms with Gasteiger partial charge in [0.2, 0.25) is 0 Å². The molecule has 1 heterocycles. The molecule has 1 aromatic carbocycles. The average Bonchev–Trinajstić information content (AvgIpc) is 2.78. The van der Waals surface area contributed by atoms with Crippen LogP contribution in [0.3, 0.4) is 0 Å². The number of halogens is 3. The Hall–Kier alpha value is -2.51. The quantitative estimate of drug-likeness (QED) is 0.909. The molecule has 0 aliphatic heterocycles. The summed E-state index contributed by atoms with van der Waals surface area (Å²) in [7, 11) is 0. The summed E-state index contributed by atoms with van der Waals surface area (Å²) in [6, 6.07) is 6.58. The minimum absolute atomic E-state index is 0.0103. The topological polar surface area (TPSA) is 73.4 Å². The minimum Gasteiger partial charge on any atom is -0.480 e. The predicted molar refractivity (Wildman–Crippen MR) is 67.9 cm³/mol. The summed E-state index contributed by atoms with van der Waals surface area (Å²) in [5.41, 5.74) is 0.597. The van der Waals surface area contributed by atoms with Crippen LogP contribution in [-0.4, -0.2) is 46.1 Å². The van der Waals surface area contributed by atoms with Gasteiger partial charge in [0.1, 0.15) is 13.1 Å². The number of nitrogens with one attached hydrogen (secondary N) is 1. The van der Waals surface area contributed by atoms with Crippen LogP contribution in [0.2, 0.25) is 0 Å². The van der Waals surface area contributed by atoms with E-state index in [9.17, 15) is 22.8 Å². The van der Waals surface area contributed by atoms with Gasteiger partial charge in [-0.1, -0.05) is 18.2 Å². The molecule has 0 radical (unpaired) electrons. The number of carboxylic acids is 1. The van der Waals surface area contributed by atoms with E-state index in [0.717, 1.165) is 0 Å². The van der Waals surface area contributed by atoms with Crippen molar-refractivity contribution in [2.24, 2.45) is 0 Å². The van der Waals surface area contributed by atoms with Crippen molar-refractivity contribution in [3.63, 3.8) is 0 Å². The lowest BCUT2D eigenvalue weighted by Gasteiger charge is -2.21. The van der Waals surface area contributed by atoms with Crippen LogP contribution in [0.25, 0.3) is 10.9 Å². The van der Waals surface area contributed by atoms with E-state index >= 15 is 0 Å². The monoisotopic (exact) mass is 300 g/mol. The molecule has 112 valence electrons. The number of fused-ring (bicyclic) bond motifs is 1. The van der Waals surface area contributed by atoms with E-state index in [4.69, 9.17) is 5.11 Å². The summed E-state index contributed by atoms with van der Waals surface area (Å²) < 4.78 is 37.4. The largest absolute Gasteiger partial charge is 0.480 e. The second kappa shape index (κ2) is 5.47. The normalized spacial score (nSPS) is 11.6. The van der Waals surface area contributed by atoms with Gasteiger partial charge in [-0.3, -0.25) is 9.59 Å². The number of aromatic nitrogens is 1. The van der Waals surface area contributed by atoms with Crippen molar-refractivity contribution < 1.29 is 27.9 Å². The number of carboxylic acid groups (broad SMARTS) is 1. The number of hydrogen-bond donors (Lipinski definition) is 2. The third-order valence-corrected chi connectivity index (χ3v) is 2.80. The molecule has 0 aliphatic rings. The first-order chi connectivity index (χ1) is 9.78. The number of amides is 1. The molecule has 2 rings (SSSR count). The van der Waals surface area contributed by atoms with E-state index in [1.165, 1.54) is 6.20 Å². The smallest absolute Gasteiger partial charge is 0.406 e. The van der Waals surface area contributed by atoms with Gasteiger partial charge in [0.25, 0.3) is 5.91 Å². The average molecular weight is 300 g/mol. The van der Waals surface area contributed by atoms with Crippen LogP contribution in [0.5, 0.6) is 0 Å². The van der Waals surface area contributed by atoms with E-state index < -0.39 is 31.1 Å². The number of nitrogens with zero attached hydrogens (tertiary/aromatic N) is 1. The number of carbonyl (C=O) groups excluding carboxylic acids is 1. The lowest BCUT2D eigenvalue weighted by atomic mass is 10.1. The highest BCUT2D eigenvalue weighted by Gasteiger charge is 2.34. The number of hydrogen-bond acceptors (Lipinski definition) is 2. The van der Waals surface area contributed by atoms with Crippen LogP contribution < -0.4 is 0 Å². The Morgan fingerprint density at radius 2 is 1.90 bits per heavy atom. The van der Waals surface area contributed by atoms with Gasteiger partial charge in [0.05, 0.1) is 5.56 Å². The Kier molecular flexibility index (Phi) is 3.88. The summed E-state index contributed by atoms with van der Waals surface area (Å²) >= 11 is 0. The number of carbonyl (C=O) groups is 2. The van der Waals surface area contributed by atoms with Crippen LogP contribution in [0, 0.1) is 0 Å². The number of rotatable bonds is 4. The molecule has 0 saturated heterocycles. The van der Waals surface area contributed by atoms with Crippen molar-refractivity contribution in [2.75, 3.05) is 13.1 Å². The van der Waals surface area contributed by atoms with E-state index in [-0.39, 0.29) is 10.5 Å². The maximum atomic E-state index is 12.5. The molecule has 0 fully saturated rings. The Morgan fingerprint density at radius 3 is 2.52 bits per heavy atom. The standard InChI is InChI=1S/C13H11F3N2O3/c14-13(15,16)7-18(6-11(19)20)12(21)9-5-17-10-4-2-1-3-8(9)10/h1-5,17H,6-7H2,(H,19,20). The van der Waals surface area contributed by atoms with Gasteiger partial charge in [-0.2, -0.15) is 13.2 Å². The Labute approximate surface area is 117 Å². The predicted octanol–water partition coefficient (Wildman–Crippen LogP) is 2.26. The van der Waals surface area contributed by atoms with Gasteiger partial charge < -0.3 is 15.0 Å². The van der Waals surface area contributed by atoms with Crippen molar-refractivity contribution in [2.45, 2.75) is 6.18 Å². The number of para-hydroxylation sites is 1.